The van der Waals surface area contributed by atoms with E-state index in [1.54, 1.807) is 23.1 Å². The van der Waals surface area contributed by atoms with E-state index < -0.39 is 0 Å². The molecule has 22 heavy (non-hydrogen) atoms. The third-order valence-electron chi connectivity index (χ3n) is 4.11. The van der Waals surface area contributed by atoms with Gasteiger partial charge in [-0.15, -0.1) is 0 Å². The number of hydrogen-bond donors (Lipinski definition) is 1. The van der Waals surface area contributed by atoms with E-state index in [2.05, 4.69) is 0 Å². The maximum absolute atomic E-state index is 12.7. The highest BCUT2D eigenvalue weighted by Gasteiger charge is 2.31. The summed E-state index contributed by atoms with van der Waals surface area (Å²) in [5.41, 5.74) is 1.18. The van der Waals surface area contributed by atoms with Crippen molar-refractivity contribution in [3.8, 4) is 0 Å². The lowest BCUT2D eigenvalue weighted by molar-refractivity contribution is -0.136. The molecular weight excluding hydrogens is 280 g/mol. The van der Waals surface area contributed by atoms with E-state index in [1.807, 2.05) is 31.7 Å². The van der Waals surface area contributed by atoms with Gasteiger partial charge in [0.2, 0.25) is 5.91 Å². The zero-order valence-electron chi connectivity index (χ0n) is 13.5. The molecule has 1 aliphatic heterocycles. The first-order valence-corrected chi connectivity index (χ1v) is 7.74. The van der Waals surface area contributed by atoms with Crippen LogP contribution in [0.25, 0.3) is 0 Å². The molecule has 1 saturated heterocycles. The summed E-state index contributed by atoms with van der Waals surface area (Å²) >= 11 is 0. The summed E-state index contributed by atoms with van der Waals surface area (Å²) in [5.74, 6) is 0.0352. The summed E-state index contributed by atoms with van der Waals surface area (Å²) in [7, 11) is 0. The molecule has 1 aromatic rings. The molecule has 0 aromatic heterocycles. The van der Waals surface area contributed by atoms with Gasteiger partial charge in [0.25, 0.3) is 5.91 Å². The highest BCUT2D eigenvalue weighted by molar-refractivity contribution is 5.96. The van der Waals surface area contributed by atoms with Gasteiger partial charge < -0.3 is 14.9 Å². The van der Waals surface area contributed by atoms with Gasteiger partial charge in [0.05, 0.1) is 6.61 Å². The number of benzene rings is 1. The van der Waals surface area contributed by atoms with Gasteiger partial charge in [0, 0.05) is 37.2 Å². The van der Waals surface area contributed by atoms with Gasteiger partial charge in [-0.05, 0) is 18.6 Å². The Labute approximate surface area is 131 Å². The number of carbonyl (C=O) groups excluding carboxylic acids is 2. The largest absolute Gasteiger partial charge is 0.392 e. The second-order valence-electron chi connectivity index (χ2n) is 6.10. The fourth-order valence-electron chi connectivity index (χ4n) is 2.85. The number of nitrogens with zero attached hydrogens (tertiary/aromatic N) is 2. The van der Waals surface area contributed by atoms with Crippen molar-refractivity contribution in [1.82, 2.24) is 9.80 Å². The molecule has 2 rings (SSSR count). The molecule has 5 heteroatoms. The molecular formula is C17H24N2O3. The van der Waals surface area contributed by atoms with Crippen LogP contribution in [0.1, 0.15) is 36.7 Å². The van der Waals surface area contributed by atoms with Crippen LogP contribution in [0.15, 0.2) is 24.3 Å². The van der Waals surface area contributed by atoms with E-state index in [0.29, 0.717) is 30.8 Å². The quantitative estimate of drug-likeness (QED) is 0.921. The summed E-state index contributed by atoms with van der Waals surface area (Å²) in [6, 6.07) is 7.08. The Hall–Kier alpha value is -1.88. The van der Waals surface area contributed by atoms with Crippen molar-refractivity contribution >= 4 is 11.8 Å². The zero-order valence-corrected chi connectivity index (χ0v) is 13.5. The summed E-state index contributed by atoms with van der Waals surface area (Å²) in [5, 5.41) is 9.38. The number of hydrogen-bond acceptors (Lipinski definition) is 3. The number of amides is 2. The molecule has 1 N–H and O–H groups in total. The van der Waals surface area contributed by atoms with E-state index >= 15 is 0 Å². The minimum absolute atomic E-state index is 0.0235. The van der Waals surface area contributed by atoms with Gasteiger partial charge in [-0.1, -0.05) is 32.0 Å². The Balaban J connectivity index is 2.11. The lowest BCUT2D eigenvalue weighted by Gasteiger charge is -2.40. The molecule has 2 amide bonds. The van der Waals surface area contributed by atoms with Crippen molar-refractivity contribution in [2.45, 2.75) is 33.4 Å². The highest BCUT2D eigenvalue weighted by Crippen LogP contribution is 2.18. The summed E-state index contributed by atoms with van der Waals surface area (Å²) in [6.45, 7) is 7.24. The van der Waals surface area contributed by atoms with Crippen molar-refractivity contribution in [2.75, 3.05) is 19.6 Å². The number of rotatable bonds is 3. The standard InChI is InChI=1S/C17H24N2O3/c1-12(2)16(21)18-8-9-19(13(3)10-18)17(22)15-7-5-4-6-14(15)11-20/h4-7,12-13,20H,8-11H2,1-3H3. The Kier molecular flexibility index (Phi) is 5.19. The van der Waals surface area contributed by atoms with E-state index in [1.165, 1.54) is 0 Å². The number of aliphatic hydroxyl groups is 1. The SMILES string of the molecule is CC(C)C(=O)N1CCN(C(=O)c2ccccc2CO)C(C)C1. The highest BCUT2D eigenvalue weighted by atomic mass is 16.3. The molecule has 0 bridgehead atoms. The fraction of sp³-hybridized carbons (Fsp3) is 0.529. The molecule has 1 fully saturated rings. The van der Waals surface area contributed by atoms with E-state index in [4.69, 9.17) is 0 Å². The first-order valence-electron chi connectivity index (χ1n) is 7.74. The average Bonchev–Trinajstić information content (AvgIpc) is 2.53. The maximum Gasteiger partial charge on any atom is 0.254 e. The molecule has 0 radical (unpaired) electrons. The first kappa shape index (κ1) is 16.5. The van der Waals surface area contributed by atoms with Crippen LogP contribution in [-0.4, -0.2) is 52.4 Å². The van der Waals surface area contributed by atoms with Gasteiger partial charge in [-0.2, -0.15) is 0 Å². The predicted octanol–water partition coefficient (Wildman–Crippen LogP) is 1.51. The first-order chi connectivity index (χ1) is 10.5. The molecule has 120 valence electrons. The van der Waals surface area contributed by atoms with Gasteiger partial charge in [0.15, 0.2) is 0 Å². The maximum atomic E-state index is 12.7. The molecule has 1 unspecified atom stereocenters. The lowest BCUT2D eigenvalue weighted by Crippen LogP contribution is -2.56. The van der Waals surface area contributed by atoms with Crippen LogP contribution in [0.4, 0.5) is 0 Å². The fourth-order valence-corrected chi connectivity index (χ4v) is 2.85. The van der Waals surface area contributed by atoms with Gasteiger partial charge in [-0.3, -0.25) is 9.59 Å². The minimum Gasteiger partial charge on any atom is -0.392 e. The summed E-state index contributed by atoms with van der Waals surface area (Å²) in [4.78, 5) is 28.4. The zero-order chi connectivity index (χ0) is 16.3. The number of carbonyl (C=O) groups is 2. The Morgan fingerprint density at radius 3 is 2.55 bits per heavy atom. The minimum atomic E-state index is -0.151. The number of piperazine rings is 1. The van der Waals surface area contributed by atoms with Crippen LogP contribution in [0, 0.1) is 5.92 Å². The molecule has 1 heterocycles. The lowest BCUT2D eigenvalue weighted by atomic mass is 10.0. The van der Waals surface area contributed by atoms with E-state index in [9.17, 15) is 14.7 Å². The Bertz CT molecular complexity index is 557. The third-order valence-corrected chi connectivity index (χ3v) is 4.11. The van der Waals surface area contributed by atoms with Crippen molar-refractivity contribution in [2.24, 2.45) is 5.92 Å². The van der Waals surface area contributed by atoms with Gasteiger partial charge in [-0.25, -0.2) is 0 Å². The monoisotopic (exact) mass is 304 g/mol. The molecule has 0 saturated carbocycles. The Morgan fingerprint density at radius 1 is 1.27 bits per heavy atom. The number of aliphatic hydroxyl groups excluding tert-OH is 1. The molecule has 0 spiro atoms. The van der Waals surface area contributed by atoms with Crippen LogP contribution in [0.2, 0.25) is 0 Å². The van der Waals surface area contributed by atoms with Crippen LogP contribution >= 0.6 is 0 Å². The van der Waals surface area contributed by atoms with Gasteiger partial charge in [0.1, 0.15) is 0 Å². The molecule has 0 aliphatic carbocycles. The van der Waals surface area contributed by atoms with Crippen molar-refractivity contribution in [3.63, 3.8) is 0 Å². The summed E-state index contributed by atoms with van der Waals surface area (Å²) in [6.07, 6.45) is 0. The molecule has 1 atom stereocenters. The average molecular weight is 304 g/mol. The van der Waals surface area contributed by atoms with Gasteiger partial charge >= 0.3 is 0 Å². The second kappa shape index (κ2) is 6.92. The molecule has 1 aliphatic rings. The molecule has 1 aromatic carbocycles. The normalized spacial score (nSPS) is 18.7. The predicted molar refractivity (Wildman–Crippen MR) is 84.3 cm³/mol. The third kappa shape index (κ3) is 3.30. The van der Waals surface area contributed by atoms with Crippen molar-refractivity contribution in [1.29, 1.82) is 0 Å². The molecule has 5 nitrogen and oxygen atoms in total. The summed E-state index contributed by atoms with van der Waals surface area (Å²) < 4.78 is 0. The van der Waals surface area contributed by atoms with Crippen LogP contribution in [0.5, 0.6) is 0 Å². The van der Waals surface area contributed by atoms with Crippen LogP contribution < -0.4 is 0 Å². The Morgan fingerprint density at radius 2 is 1.95 bits per heavy atom. The van der Waals surface area contributed by atoms with Crippen molar-refractivity contribution < 1.29 is 14.7 Å². The van der Waals surface area contributed by atoms with Crippen LogP contribution in [0.3, 0.4) is 0 Å². The van der Waals surface area contributed by atoms with Crippen molar-refractivity contribution in [3.05, 3.63) is 35.4 Å². The second-order valence-corrected chi connectivity index (χ2v) is 6.10. The van der Waals surface area contributed by atoms with Crippen LogP contribution in [-0.2, 0) is 11.4 Å². The van der Waals surface area contributed by atoms with E-state index in [0.717, 1.165) is 0 Å². The van der Waals surface area contributed by atoms with E-state index in [-0.39, 0.29) is 30.4 Å². The smallest absolute Gasteiger partial charge is 0.254 e. The topological polar surface area (TPSA) is 60.9 Å².